The lowest BCUT2D eigenvalue weighted by atomic mass is 9.97. The van der Waals surface area contributed by atoms with Crippen molar-refractivity contribution in [1.82, 2.24) is 0 Å². The van der Waals surface area contributed by atoms with Gasteiger partial charge in [-0.1, -0.05) is 39.5 Å². The number of benzene rings is 1. The molecule has 0 fully saturated rings. The SMILES string of the molecule is CCCCCC(CCC)COCCOCCOCCOCCOCCOCCOCCOCCOC(=O)c1ccc(O)cc1. The second-order valence-electron chi connectivity index (χ2n) is 10.2. The minimum absolute atomic E-state index is 0.0979. The third kappa shape index (κ3) is 25.5. The van der Waals surface area contributed by atoms with Crippen LogP contribution in [0.1, 0.15) is 62.7 Å². The van der Waals surface area contributed by atoms with Crippen LogP contribution in [0.3, 0.4) is 0 Å². The summed E-state index contributed by atoms with van der Waals surface area (Å²) in [4.78, 5) is 11.8. The van der Waals surface area contributed by atoms with Crippen molar-refractivity contribution in [2.24, 2.45) is 5.92 Å². The minimum atomic E-state index is -0.457. The molecule has 0 heterocycles. The lowest BCUT2D eigenvalue weighted by Gasteiger charge is -2.16. The minimum Gasteiger partial charge on any atom is -0.508 e. The van der Waals surface area contributed by atoms with Crippen LogP contribution < -0.4 is 0 Å². The summed E-state index contributed by atoms with van der Waals surface area (Å²) in [5.41, 5.74) is 0.379. The fourth-order valence-corrected chi connectivity index (χ4v) is 4.07. The lowest BCUT2D eigenvalue weighted by molar-refractivity contribution is -0.0252. The number of esters is 1. The highest BCUT2D eigenvalue weighted by Gasteiger charge is 2.08. The van der Waals surface area contributed by atoms with E-state index in [1.54, 1.807) is 0 Å². The molecule has 1 rings (SSSR count). The van der Waals surface area contributed by atoms with E-state index in [2.05, 4.69) is 13.8 Å². The van der Waals surface area contributed by atoms with Gasteiger partial charge in [0.1, 0.15) is 12.4 Å². The Morgan fingerprint density at radius 1 is 0.545 bits per heavy atom. The summed E-state index contributed by atoms with van der Waals surface area (Å²) < 4.78 is 49.2. The monoisotopic (exact) mass is 630 g/mol. The van der Waals surface area contributed by atoms with Crippen LogP contribution in [0.2, 0.25) is 0 Å². The summed E-state index contributed by atoms with van der Waals surface area (Å²) in [6.45, 7) is 12.9. The van der Waals surface area contributed by atoms with Crippen molar-refractivity contribution in [3.8, 4) is 5.75 Å². The Bertz CT molecular complexity index is 748. The molecule has 1 aromatic rings. The van der Waals surface area contributed by atoms with Crippen LogP contribution in [-0.2, 0) is 42.6 Å². The maximum atomic E-state index is 11.8. The number of phenolic OH excluding ortho intramolecular Hbond substituents is 1. The van der Waals surface area contributed by atoms with E-state index >= 15 is 0 Å². The van der Waals surface area contributed by atoms with Crippen molar-refractivity contribution in [3.63, 3.8) is 0 Å². The van der Waals surface area contributed by atoms with Crippen molar-refractivity contribution >= 4 is 5.97 Å². The molecule has 1 unspecified atom stereocenters. The standard InChI is InChI=1S/C33H58O11/c1-3-5-6-8-30(7-4-2)29-43-26-25-41-22-21-39-18-17-37-14-13-36-15-16-38-19-20-40-23-24-42-27-28-44-33(35)31-9-11-32(34)12-10-31/h9-12,30,34H,3-8,13-29H2,1-2H3. The number of carbonyl (C=O) groups is 1. The zero-order valence-electron chi connectivity index (χ0n) is 27.2. The fraction of sp³-hybridized carbons (Fsp3) is 0.788. The molecular weight excluding hydrogens is 572 g/mol. The van der Waals surface area contributed by atoms with Gasteiger partial charge in [0, 0.05) is 6.61 Å². The van der Waals surface area contributed by atoms with Crippen LogP contribution in [0.5, 0.6) is 5.75 Å². The highest BCUT2D eigenvalue weighted by Crippen LogP contribution is 2.16. The van der Waals surface area contributed by atoms with Crippen molar-refractivity contribution in [1.29, 1.82) is 0 Å². The third-order valence-electron chi connectivity index (χ3n) is 6.43. The van der Waals surface area contributed by atoms with Crippen LogP contribution in [-0.4, -0.2) is 123 Å². The van der Waals surface area contributed by atoms with Crippen molar-refractivity contribution in [2.75, 3.05) is 112 Å². The third-order valence-corrected chi connectivity index (χ3v) is 6.43. The Labute approximate surface area is 264 Å². The fourth-order valence-electron chi connectivity index (χ4n) is 4.07. The van der Waals surface area contributed by atoms with Crippen LogP contribution >= 0.6 is 0 Å². The second kappa shape index (κ2) is 31.2. The van der Waals surface area contributed by atoms with Crippen LogP contribution in [0.4, 0.5) is 0 Å². The van der Waals surface area contributed by atoms with Gasteiger partial charge in [-0.3, -0.25) is 0 Å². The molecule has 256 valence electrons. The molecule has 0 bridgehead atoms. The summed E-state index contributed by atoms with van der Waals surface area (Å²) in [6, 6.07) is 5.88. The zero-order chi connectivity index (χ0) is 31.8. The summed E-state index contributed by atoms with van der Waals surface area (Å²) in [6.07, 6.45) is 7.60. The quantitative estimate of drug-likeness (QED) is 0.0861. The van der Waals surface area contributed by atoms with Gasteiger partial charge < -0.3 is 47.7 Å². The average molecular weight is 631 g/mol. The summed E-state index contributed by atoms with van der Waals surface area (Å²) in [5.74, 6) is 0.318. The number of aromatic hydroxyl groups is 1. The number of carbonyl (C=O) groups excluding carboxylic acids is 1. The number of hydrogen-bond acceptors (Lipinski definition) is 11. The van der Waals surface area contributed by atoms with Crippen molar-refractivity contribution in [2.45, 2.75) is 52.4 Å². The largest absolute Gasteiger partial charge is 0.508 e. The van der Waals surface area contributed by atoms with Crippen LogP contribution in [0.25, 0.3) is 0 Å². The molecule has 0 saturated carbocycles. The van der Waals surface area contributed by atoms with Gasteiger partial charge in [-0.2, -0.15) is 0 Å². The molecule has 0 spiro atoms. The van der Waals surface area contributed by atoms with E-state index in [0.717, 1.165) is 6.61 Å². The predicted molar refractivity (Wildman–Crippen MR) is 167 cm³/mol. The topological polar surface area (TPSA) is 120 Å². The van der Waals surface area contributed by atoms with Gasteiger partial charge >= 0.3 is 5.97 Å². The Morgan fingerprint density at radius 2 is 0.955 bits per heavy atom. The van der Waals surface area contributed by atoms with Gasteiger partial charge in [0.05, 0.1) is 105 Å². The highest BCUT2D eigenvalue weighted by molar-refractivity contribution is 5.89. The van der Waals surface area contributed by atoms with E-state index in [1.807, 2.05) is 0 Å². The first-order valence-corrected chi connectivity index (χ1v) is 16.2. The van der Waals surface area contributed by atoms with E-state index in [4.69, 9.17) is 42.6 Å². The Kier molecular flexibility index (Phi) is 28.5. The lowest BCUT2D eigenvalue weighted by Crippen LogP contribution is -2.16. The summed E-state index contributed by atoms with van der Waals surface area (Å²) in [5, 5.41) is 9.23. The molecule has 1 aromatic carbocycles. The molecule has 0 aliphatic carbocycles. The molecule has 0 aliphatic heterocycles. The molecule has 1 atom stereocenters. The van der Waals surface area contributed by atoms with E-state index in [1.165, 1.54) is 62.8 Å². The molecule has 0 radical (unpaired) electrons. The zero-order valence-corrected chi connectivity index (χ0v) is 27.2. The molecule has 1 N–H and O–H groups in total. The molecule has 0 aromatic heterocycles. The average Bonchev–Trinajstić information content (AvgIpc) is 3.03. The summed E-state index contributed by atoms with van der Waals surface area (Å²) >= 11 is 0. The first-order valence-electron chi connectivity index (χ1n) is 16.2. The Balaban J connectivity index is 1.71. The smallest absolute Gasteiger partial charge is 0.338 e. The normalized spacial score (nSPS) is 12.0. The molecule has 11 nitrogen and oxygen atoms in total. The first kappa shape index (κ1) is 40.2. The van der Waals surface area contributed by atoms with Crippen molar-refractivity contribution < 1.29 is 52.5 Å². The number of phenols is 1. The number of rotatable bonds is 33. The van der Waals surface area contributed by atoms with Gasteiger partial charge in [0.2, 0.25) is 0 Å². The summed E-state index contributed by atoms with van der Waals surface area (Å²) in [7, 11) is 0. The van der Waals surface area contributed by atoms with Gasteiger partial charge in [0.25, 0.3) is 0 Å². The molecule has 0 saturated heterocycles. The number of unbranched alkanes of at least 4 members (excludes halogenated alkanes) is 2. The second-order valence-corrected chi connectivity index (χ2v) is 10.2. The molecule has 11 heteroatoms. The Hall–Kier alpha value is -1.83. The van der Waals surface area contributed by atoms with E-state index in [9.17, 15) is 9.90 Å². The van der Waals surface area contributed by atoms with Crippen LogP contribution in [0, 0.1) is 5.92 Å². The number of ether oxygens (including phenoxy) is 9. The van der Waals surface area contributed by atoms with Gasteiger partial charge in [-0.15, -0.1) is 0 Å². The van der Waals surface area contributed by atoms with Gasteiger partial charge in [-0.25, -0.2) is 4.79 Å². The van der Waals surface area contributed by atoms with Gasteiger partial charge in [-0.05, 0) is 43.0 Å². The molecular formula is C33H58O11. The first-order chi connectivity index (χ1) is 21.7. The van der Waals surface area contributed by atoms with Crippen molar-refractivity contribution in [3.05, 3.63) is 29.8 Å². The van der Waals surface area contributed by atoms with E-state index < -0.39 is 5.97 Å². The maximum absolute atomic E-state index is 11.8. The van der Waals surface area contributed by atoms with Gasteiger partial charge in [0.15, 0.2) is 0 Å². The van der Waals surface area contributed by atoms with E-state index in [0.29, 0.717) is 104 Å². The maximum Gasteiger partial charge on any atom is 0.338 e. The Morgan fingerprint density at radius 3 is 1.36 bits per heavy atom. The molecule has 44 heavy (non-hydrogen) atoms. The highest BCUT2D eigenvalue weighted by atomic mass is 16.6. The number of hydrogen-bond donors (Lipinski definition) is 1. The van der Waals surface area contributed by atoms with Crippen LogP contribution in [0.15, 0.2) is 24.3 Å². The predicted octanol–water partition coefficient (Wildman–Crippen LogP) is 4.68. The van der Waals surface area contributed by atoms with E-state index in [-0.39, 0.29) is 19.0 Å². The molecule has 0 amide bonds. The molecule has 0 aliphatic rings.